The maximum atomic E-state index is 12.9. The van der Waals surface area contributed by atoms with Crippen LogP contribution in [0.5, 0.6) is 0 Å². The van der Waals surface area contributed by atoms with Gasteiger partial charge in [0.05, 0.1) is 17.2 Å². The summed E-state index contributed by atoms with van der Waals surface area (Å²) >= 11 is 1.66. The maximum absolute atomic E-state index is 12.9. The number of hydrogen-bond donors (Lipinski definition) is 1. The molecule has 1 saturated carbocycles. The zero-order chi connectivity index (χ0) is 18.4. The van der Waals surface area contributed by atoms with Gasteiger partial charge in [-0.1, -0.05) is 39.2 Å². The number of aromatic nitrogens is 2. The SMILES string of the molecule is CC(C)c1nc(CNC(=O)N(Cc2cccnc2)C2CCCCC2)cs1. The van der Waals surface area contributed by atoms with Gasteiger partial charge in [-0.25, -0.2) is 9.78 Å². The van der Waals surface area contributed by atoms with Crippen LogP contribution in [0.25, 0.3) is 0 Å². The molecule has 0 aliphatic heterocycles. The molecule has 2 aromatic rings. The molecule has 2 heterocycles. The largest absolute Gasteiger partial charge is 0.332 e. The highest BCUT2D eigenvalue weighted by Gasteiger charge is 2.25. The van der Waals surface area contributed by atoms with Crippen molar-refractivity contribution in [3.63, 3.8) is 0 Å². The number of carbonyl (C=O) groups excluding carboxylic acids is 1. The minimum absolute atomic E-state index is 0.000139. The Kier molecular flexibility index (Phi) is 6.61. The third-order valence-corrected chi connectivity index (χ3v) is 6.03. The number of carbonyl (C=O) groups is 1. The first-order valence-corrected chi connectivity index (χ1v) is 10.4. The van der Waals surface area contributed by atoms with Gasteiger partial charge in [0.2, 0.25) is 0 Å². The molecule has 0 atom stereocenters. The van der Waals surface area contributed by atoms with Gasteiger partial charge < -0.3 is 10.2 Å². The molecule has 1 fully saturated rings. The van der Waals surface area contributed by atoms with E-state index in [1.165, 1.54) is 19.3 Å². The molecule has 2 amide bonds. The van der Waals surface area contributed by atoms with Crippen LogP contribution >= 0.6 is 11.3 Å². The number of amides is 2. The molecular weight excluding hydrogens is 344 g/mol. The summed E-state index contributed by atoms with van der Waals surface area (Å²) in [6.45, 7) is 5.37. The molecule has 0 aromatic carbocycles. The summed E-state index contributed by atoms with van der Waals surface area (Å²) in [4.78, 5) is 23.7. The van der Waals surface area contributed by atoms with E-state index in [2.05, 4.69) is 29.1 Å². The highest BCUT2D eigenvalue weighted by Crippen LogP contribution is 2.24. The lowest BCUT2D eigenvalue weighted by Crippen LogP contribution is -2.46. The molecular formula is C20H28N4OS. The van der Waals surface area contributed by atoms with Crippen molar-refractivity contribution in [3.8, 4) is 0 Å². The van der Waals surface area contributed by atoms with E-state index in [9.17, 15) is 4.79 Å². The minimum atomic E-state index is -0.000139. The van der Waals surface area contributed by atoms with Gasteiger partial charge in [0.25, 0.3) is 0 Å². The summed E-state index contributed by atoms with van der Waals surface area (Å²) in [7, 11) is 0. The highest BCUT2D eigenvalue weighted by molar-refractivity contribution is 7.09. The van der Waals surface area contributed by atoms with Crippen molar-refractivity contribution in [1.29, 1.82) is 0 Å². The van der Waals surface area contributed by atoms with Gasteiger partial charge >= 0.3 is 6.03 Å². The second-order valence-electron chi connectivity index (χ2n) is 7.27. The summed E-state index contributed by atoms with van der Waals surface area (Å²) in [5.41, 5.74) is 2.01. The minimum Gasteiger partial charge on any atom is -0.332 e. The van der Waals surface area contributed by atoms with Crippen molar-refractivity contribution < 1.29 is 4.79 Å². The summed E-state index contributed by atoms with van der Waals surface area (Å²) in [6, 6.07) is 4.27. The van der Waals surface area contributed by atoms with Crippen molar-refractivity contribution in [2.45, 2.75) is 71.0 Å². The molecule has 0 radical (unpaired) electrons. The average Bonchev–Trinajstić information content (AvgIpc) is 3.15. The second kappa shape index (κ2) is 9.12. The van der Waals surface area contributed by atoms with Crippen LogP contribution in [0.15, 0.2) is 29.9 Å². The topological polar surface area (TPSA) is 58.1 Å². The van der Waals surface area contributed by atoms with Gasteiger partial charge in [0, 0.05) is 36.3 Å². The highest BCUT2D eigenvalue weighted by atomic mass is 32.1. The van der Waals surface area contributed by atoms with E-state index in [-0.39, 0.29) is 6.03 Å². The normalized spacial score (nSPS) is 15.2. The van der Waals surface area contributed by atoms with E-state index in [0.717, 1.165) is 29.1 Å². The van der Waals surface area contributed by atoms with Crippen LogP contribution in [0.3, 0.4) is 0 Å². The smallest absolute Gasteiger partial charge is 0.318 e. The molecule has 1 N–H and O–H groups in total. The first-order valence-electron chi connectivity index (χ1n) is 9.51. The van der Waals surface area contributed by atoms with Crippen molar-refractivity contribution >= 4 is 17.4 Å². The number of nitrogens with zero attached hydrogens (tertiary/aromatic N) is 3. The fraction of sp³-hybridized carbons (Fsp3) is 0.550. The van der Waals surface area contributed by atoms with E-state index in [1.54, 1.807) is 17.5 Å². The predicted octanol–water partition coefficient (Wildman–Crippen LogP) is 4.71. The number of thiazole rings is 1. The average molecular weight is 373 g/mol. The van der Waals surface area contributed by atoms with Crippen molar-refractivity contribution in [3.05, 3.63) is 46.2 Å². The molecule has 6 heteroatoms. The van der Waals surface area contributed by atoms with Crippen LogP contribution in [0, 0.1) is 0 Å². The molecule has 3 rings (SSSR count). The lowest BCUT2D eigenvalue weighted by molar-refractivity contribution is 0.150. The maximum Gasteiger partial charge on any atom is 0.318 e. The summed E-state index contributed by atoms with van der Waals surface area (Å²) in [5.74, 6) is 0.425. The van der Waals surface area contributed by atoms with Crippen LogP contribution in [0.2, 0.25) is 0 Å². The molecule has 0 bridgehead atoms. The summed E-state index contributed by atoms with van der Waals surface area (Å²) in [6.07, 6.45) is 9.46. The summed E-state index contributed by atoms with van der Waals surface area (Å²) in [5, 5.41) is 6.24. The second-order valence-corrected chi connectivity index (χ2v) is 8.16. The molecule has 0 unspecified atom stereocenters. The summed E-state index contributed by atoms with van der Waals surface area (Å²) < 4.78 is 0. The van der Waals surface area contributed by atoms with Crippen LogP contribution in [0.1, 0.15) is 68.1 Å². The lowest BCUT2D eigenvalue weighted by Gasteiger charge is -2.34. The van der Waals surface area contributed by atoms with Gasteiger partial charge in [0.15, 0.2) is 0 Å². The number of nitrogens with one attached hydrogen (secondary N) is 1. The first-order chi connectivity index (χ1) is 12.6. The van der Waals surface area contributed by atoms with Gasteiger partial charge in [-0.3, -0.25) is 4.98 Å². The Bertz CT molecular complexity index is 695. The predicted molar refractivity (Wildman–Crippen MR) is 105 cm³/mol. The lowest BCUT2D eigenvalue weighted by atomic mass is 9.94. The number of hydrogen-bond acceptors (Lipinski definition) is 4. The van der Waals surface area contributed by atoms with Gasteiger partial charge in [0.1, 0.15) is 0 Å². The van der Waals surface area contributed by atoms with Crippen LogP contribution in [0.4, 0.5) is 4.79 Å². The third-order valence-electron chi connectivity index (χ3n) is 4.84. The van der Waals surface area contributed by atoms with E-state index in [0.29, 0.717) is 25.0 Å². The number of urea groups is 1. The van der Waals surface area contributed by atoms with Crippen molar-refractivity contribution in [1.82, 2.24) is 20.2 Å². The quantitative estimate of drug-likeness (QED) is 0.799. The Labute approximate surface area is 159 Å². The zero-order valence-corrected chi connectivity index (χ0v) is 16.5. The Morgan fingerprint density at radius 2 is 2.15 bits per heavy atom. The molecule has 140 valence electrons. The Hall–Kier alpha value is -1.95. The molecule has 26 heavy (non-hydrogen) atoms. The van der Waals surface area contributed by atoms with E-state index in [1.807, 2.05) is 28.6 Å². The third kappa shape index (κ3) is 5.04. The van der Waals surface area contributed by atoms with E-state index in [4.69, 9.17) is 0 Å². The molecule has 2 aromatic heterocycles. The molecule has 1 aliphatic carbocycles. The number of pyridine rings is 1. The first kappa shape index (κ1) is 18.8. The fourth-order valence-electron chi connectivity index (χ4n) is 3.38. The van der Waals surface area contributed by atoms with Crippen LogP contribution < -0.4 is 5.32 Å². The molecule has 0 saturated heterocycles. The standard InChI is InChI=1S/C20H28N4OS/c1-15(2)19-23-17(14-26-19)12-22-20(25)24(18-8-4-3-5-9-18)13-16-7-6-10-21-11-16/h6-7,10-11,14-15,18H,3-5,8-9,12-13H2,1-2H3,(H,22,25). The van der Waals surface area contributed by atoms with Crippen molar-refractivity contribution in [2.24, 2.45) is 0 Å². The molecule has 1 aliphatic rings. The fourth-order valence-corrected chi connectivity index (χ4v) is 4.22. The Morgan fingerprint density at radius 1 is 1.35 bits per heavy atom. The zero-order valence-electron chi connectivity index (χ0n) is 15.6. The van der Waals surface area contributed by atoms with Gasteiger partial charge in [-0.15, -0.1) is 11.3 Å². The molecule has 0 spiro atoms. The number of rotatable bonds is 6. The van der Waals surface area contributed by atoms with Gasteiger partial charge in [-0.2, -0.15) is 0 Å². The van der Waals surface area contributed by atoms with E-state index >= 15 is 0 Å². The van der Waals surface area contributed by atoms with E-state index < -0.39 is 0 Å². The van der Waals surface area contributed by atoms with Crippen LogP contribution in [-0.2, 0) is 13.1 Å². The van der Waals surface area contributed by atoms with Crippen LogP contribution in [-0.4, -0.2) is 26.9 Å². The van der Waals surface area contributed by atoms with Gasteiger partial charge in [-0.05, 0) is 24.5 Å². The Balaban J connectivity index is 1.65. The van der Waals surface area contributed by atoms with Crippen molar-refractivity contribution in [2.75, 3.05) is 0 Å². The molecule has 5 nitrogen and oxygen atoms in total. The monoisotopic (exact) mass is 372 g/mol. The Morgan fingerprint density at radius 3 is 2.81 bits per heavy atom.